The minimum atomic E-state index is -0.387. The van der Waals surface area contributed by atoms with Crippen LogP contribution in [0.5, 0.6) is 0 Å². The van der Waals surface area contributed by atoms with Gasteiger partial charge in [-0.05, 0) is 37.7 Å². The maximum absolute atomic E-state index is 6.22. The van der Waals surface area contributed by atoms with Gasteiger partial charge in [-0.3, -0.25) is 4.68 Å². The monoisotopic (exact) mass is 366 g/mol. The zero-order valence-corrected chi connectivity index (χ0v) is 15.5. The van der Waals surface area contributed by atoms with Crippen LogP contribution in [0.15, 0.2) is 46.5 Å². The van der Waals surface area contributed by atoms with E-state index in [1.807, 2.05) is 21.8 Å². The molecule has 2 aromatic rings. The van der Waals surface area contributed by atoms with Gasteiger partial charge in [0.15, 0.2) is 0 Å². The molecule has 0 amide bonds. The Morgan fingerprint density at radius 3 is 2.59 bits per heavy atom. The molecule has 1 aromatic heterocycles. The minimum Gasteiger partial charge on any atom is -0.369 e. The Morgan fingerprint density at radius 2 is 1.81 bits per heavy atom. The van der Waals surface area contributed by atoms with Gasteiger partial charge in [-0.25, -0.2) is 4.99 Å². The highest BCUT2D eigenvalue weighted by atomic mass is 15.5. The molecule has 142 valence electrons. The number of guanidine groups is 2. The van der Waals surface area contributed by atoms with Crippen LogP contribution in [0.1, 0.15) is 43.4 Å². The van der Waals surface area contributed by atoms with E-state index in [2.05, 4.69) is 44.6 Å². The Labute approximate surface area is 159 Å². The number of rotatable bonds is 5. The molecule has 0 unspecified atom stereocenters. The van der Waals surface area contributed by atoms with Crippen LogP contribution in [0.4, 0.5) is 0 Å². The molecule has 0 radical (unpaired) electrons. The Bertz CT molecular complexity index is 832. The summed E-state index contributed by atoms with van der Waals surface area (Å²) in [5, 5.41) is 8.60. The zero-order valence-electron chi connectivity index (χ0n) is 15.5. The average Bonchev–Trinajstić information content (AvgIpc) is 3.12. The average molecular weight is 366 g/mol. The second-order valence-electron chi connectivity index (χ2n) is 7.28. The van der Waals surface area contributed by atoms with Crippen LogP contribution < -0.4 is 11.5 Å². The molecule has 1 spiro atoms. The fourth-order valence-corrected chi connectivity index (χ4v) is 3.99. The Kier molecular flexibility index (Phi) is 4.79. The summed E-state index contributed by atoms with van der Waals surface area (Å²) in [4.78, 5) is 10.9. The molecular formula is C19H26N8. The predicted octanol–water partition coefficient (Wildman–Crippen LogP) is 1.63. The van der Waals surface area contributed by atoms with Crippen LogP contribution >= 0.6 is 0 Å². The molecule has 27 heavy (non-hydrogen) atoms. The SMILES string of the molecule is NC1=NC2(CCCCC2)N(Cc2cn(CCc3ccccc3)nn2)C(N)=N1. The third-order valence-electron chi connectivity index (χ3n) is 5.36. The van der Waals surface area contributed by atoms with Gasteiger partial charge in [0.1, 0.15) is 11.4 Å². The number of hydrogen-bond acceptors (Lipinski definition) is 7. The summed E-state index contributed by atoms with van der Waals surface area (Å²) in [6.45, 7) is 1.33. The molecular weight excluding hydrogens is 340 g/mol. The normalized spacial score (nSPS) is 19.0. The summed E-state index contributed by atoms with van der Waals surface area (Å²) in [6, 6.07) is 10.4. The maximum Gasteiger partial charge on any atom is 0.220 e. The van der Waals surface area contributed by atoms with E-state index >= 15 is 0 Å². The number of aliphatic imine (C=N–C) groups is 2. The van der Waals surface area contributed by atoms with E-state index in [4.69, 9.17) is 11.5 Å². The smallest absolute Gasteiger partial charge is 0.220 e. The molecule has 1 aliphatic carbocycles. The Balaban J connectivity index is 1.46. The van der Waals surface area contributed by atoms with Gasteiger partial charge in [-0.2, -0.15) is 4.99 Å². The second-order valence-corrected chi connectivity index (χ2v) is 7.28. The van der Waals surface area contributed by atoms with E-state index in [9.17, 15) is 0 Å². The third-order valence-corrected chi connectivity index (χ3v) is 5.36. The van der Waals surface area contributed by atoms with Crippen molar-refractivity contribution in [3.63, 3.8) is 0 Å². The van der Waals surface area contributed by atoms with Crippen molar-refractivity contribution in [2.45, 2.75) is 57.3 Å². The topological polar surface area (TPSA) is 111 Å². The molecule has 2 heterocycles. The lowest BCUT2D eigenvalue weighted by Crippen LogP contribution is -2.57. The van der Waals surface area contributed by atoms with Gasteiger partial charge >= 0.3 is 0 Å². The number of aryl methyl sites for hydroxylation is 2. The van der Waals surface area contributed by atoms with Gasteiger partial charge in [0, 0.05) is 6.54 Å². The van der Waals surface area contributed by atoms with E-state index < -0.39 is 0 Å². The van der Waals surface area contributed by atoms with Gasteiger partial charge in [0.05, 0.1) is 12.7 Å². The molecule has 4 rings (SSSR count). The fraction of sp³-hybridized carbons (Fsp3) is 0.474. The van der Waals surface area contributed by atoms with Crippen LogP contribution in [0.3, 0.4) is 0 Å². The molecule has 4 N–H and O–H groups in total. The Morgan fingerprint density at radius 1 is 1.04 bits per heavy atom. The third kappa shape index (κ3) is 3.79. The first-order valence-corrected chi connectivity index (χ1v) is 9.55. The molecule has 8 heteroatoms. The molecule has 1 aromatic carbocycles. The summed E-state index contributed by atoms with van der Waals surface area (Å²) in [6.07, 6.45) is 8.22. The van der Waals surface area contributed by atoms with Crippen molar-refractivity contribution in [2.75, 3.05) is 0 Å². The molecule has 8 nitrogen and oxygen atoms in total. The summed E-state index contributed by atoms with van der Waals surface area (Å²) in [5.74, 6) is 0.695. The van der Waals surface area contributed by atoms with Crippen molar-refractivity contribution in [3.8, 4) is 0 Å². The molecule has 0 atom stereocenters. The first kappa shape index (κ1) is 17.5. The molecule has 1 fully saturated rings. The van der Waals surface area contributed by atoms with Crippen molar-refractivity contribution in [2.24, 2.45) is 21.5 Å². The minimum absolute atomic E-state index is 0.275. The van der Waals surface area contributed by atoms with Crippen LogP contribution in [0, 0.1) is 0 Å². The molecule has 0 saturated heterocycles. The summed E-state index contributed by atoms with van der Waals surface area (Å²) in [7, 11) is 0. The van der Waals surface area contributed by atoms with Crippen molar-refractivity contribution in [3.05, 3.63) is 47.8 Å². The highest BCUT2D eigenvalue weighted by molar-refractivity contribution is 5.95. The van der Waals surface area contributed by atoms with E-state index in [1.165, 1.54) is 12.0 Å². The van der Waals surface area contributed by atoms with Crippen molar-refractivity contribution in [1.29, 1.82) is 0 Å². The first-order chi connectivity index (χ1) is 13.1. The lowest BCUT2D eigenvalue weighted by Gasteiger charge is -2.45. The quantitative estimate of drug-likeness (QED) is 0.835. The number of nitrogens with two attached hydrogens (primary N) is 2. The second kappa shape index (κ2) is 7.38. The standard InChI is InChI=1S/C19H26N8/c20-17-22-18(21)27(19(23-17)10-5-2-6-11-19)14-16-13-26(25-24-16)12-9-15-7-3-1-4-8-15/h1,3-4,7-8,13H,2,5-6,9-12,14H2,(H4,20,21,22,23). The maximum atomic E-state index is 6.22. The molecule has 2 aliphatic rings. The van der Waals surface area contributed by atoms with E-state index in [0.717, 1.165) is 44.3 Å². The number of hydrogen-bond donors (Lipinski definition) is 2. The summed E-state index contributed by atoms with van der Waals surface area (Å²) in [5.41, 5.74) is 13.9. The van der Waals surface area contributed by atoms with Gasteiger partial charge in [0.25, 0.3) is 0 Å². The number of aromatic nitrogens is 3. The van der Waals surface area contributed by atoms with Crippen LogP contribution in [-0.4, -0.2) is 37.5 Å². The van der Waals surface area contributed by atoms with Crippen molar-refractivity contribution < 1.29 is 0 Å². The van der Waals surface area contributed by atoms with Crippen LogP contribution in [-0.2, 0) is 19.5 Å². The molecule has 1 saturated carbocycles. The van der Waals surface area contributed by atoms with Crippen LogP contribution in [0.2, 0.25) is 0 Å². The highest BCUT2D eigenvalue weighted by Gasteiger charge is 2.41. The number of benzene rings is 1. The Hall–Kier alpha value is -2.90. The van der Waals surface area contributed by atoms with Gasteiger partial charge in [-0.15, -0.1) is 5.10 Å². The lowest BCUT2D eigenvalue weighted by atomic mass is 9.87. The van der Waals surface area contributed by atoms with Crippen molar-refractivity contribution >= 4 is 11.9 Å². The fourth-order valence-electron chi connectivity index (χ4n) is 3.99. The zero-order chi connectivity index (χ0) is 18.7. The van der Waals surface area contributed by atoms with E-state index in [-0.39, 0.29) is 11.6 Å². The molecule has 0 bridgehead atoms. The van der Waals surface area contributed by atoms with Gasteiger partial charge in [0.2, 0.25) is 11.9 Å². The summed E-state index contributed by atoms with van der Waals surface area (Å²) >= 11 is 0. The largest absolute Gasteiger partial charge is 0.369 e. The molecule has 1 aliphatic heterocycles. The highest BCUT2D eigenvalue weighted by Crippen LogP contribution is 2.37. The lowest BCUT2D eigenvalue weighted by molar-refractivity contribution is 0.113. The predicted molar refractivity (Wildman–Crippen MR) is 105 cm³/mol. The number of nitrogens with zero attached hydrogens (tertiary/aromatic N) is 6. The van der Waals surface area contributed by atoms with Crippen molar-refractivity contribution in [1.82, 2.24) is 19.9 Å². The van der Waals surface area contributed by atoms with Crippen LogP contribution in [0.25, 0.3) is 0 Å². The van der Waals surface area contributed by atoms with Gasteiger partial charge < -0.3 is 16.4 Å². The van der Waals surface area contributed by atoms with E-state index in [0.29, 0.717) is 12.5 Å². The van der Waals surface area contributed by atoms with Gasteiger partial charge in [-0.1, -0.05) is 42.0 Å². The summed E-state index contributed by atoms with van der Waals surface area (Å²) < 4.78 is 1.88. The van der Waals surface area contributed by atoms with E-state index in [1.54, 1.807) is 0 Å². The first-order valence-electron chi connectivity index (χ1n) is 9.55.